The van der Waals surface area contributed by atoms with Gasteiger partial charge < -0.3 is 20.5 Å². The summed E-state index contributed by atoms with van der Waals surface area (Å²) in [6.45, 7) is 1.43. The molecule has 124 valence electrons. The van der Waals surface area contributed by atoms with Crippen molar-refractivity contribution in [3.63, 3.8) is 0 Å². The van der Waals surface area contributed by atoms with Gasteiger partial charge in [-0.1, -0.05) is 12.5 Å². The lowest BCUT2D eigenvalue weighted by Crippen LogP contribution is -2.53. The van der Waals surface area contributed by atoms with Crippen molar-refractivity contribution in [2.75, 3.05) is 19.8 Å². The van der Waals surface area contributed by atoms with Gasteiger partial charge in [0.2, 0.25) is 5.91 Å². The van der Waals surface area contributed by atoms with Crippen molar-refractivity contribution in [1.29, 1.82) is 0 Å². The fourth-order valence-electron chi connectivity index (χ4n) is 3.62. The Hall–Kier alpha value is -1.92. The van der Waals surface area contributed by atoms with E-state index < -0.39 is 5.91 Å². The van der Waals surface area contributed by atoms with Crippen LogP contribution >= 0.6 is 0 Å². The number of carbonyl (C=O) groups is 2. The number of aliphatic hydroxyl groups is 1. The molecule has 3 rings (SSSR count). The third-order valence-corrected chi connectivity index (χ3v) is 4.85. The van der Waals surface area contributed by atoms with Crippen LogP contribution in [0.1, 0.15) is 40.0 Å². The Kier molecular flexibility index (Phi) is 4.63. The Morgan fingerprint density at radius 2 is 2.04 bits per heavy atom. The number of aliphatic hydroxyl groups excluding tert-OH is 1. The number of ether oxygens (including phenoxy) is 1. The Bertz CT molecular complexity index is 604. The minimum Gasteiger partial charge on any atom is -0.393 e. The lowest BCUT2D eigenvalue weighted by molar-refractivity contribution is -0.0383. The minimum absolute atomic E-state index is 0.0542. The summed E-state index contributed by atoms with van der Waals surface area (Å²) in [4.78, 5) is 26.0. The molecule has 0 radical (unpaired) electrons. The van der Waals surface area contributed by atoms with Gasteiger partial charge >= 0.3 is 0 Å². The predicted octanol–water partition coefficient (Wildman–Crippen LogP) is 0.787. The van der Waals surface area contributed by atoms with Crippen molar-refractivity contribution < 1.29 is 19.4 Å². The Morgan fingerprint density at radius 1 is 1.26 bits per heavy atom. The maximum atomic E-state index is 12.9. The summed E-state index contributed by atoms with van der Waals surface area (Å²) in [5.74, 6) is -0.636. The Labute approximate surface area is 135 Å². The topological polar surface area (TPSA) is 92.9 Å². The van der Waals surface area contributed by atoms with Crippen molar-refractivity contribution >= 4 is 11.8 Å². The highest BCUT2D eigenvalue weighted by Crippen LogP contribution is 2.32. The van der Waals surface area contributed by atoms with Gasteiger partial charge in [-0.3, -0.25) is 9.59 Å². The van der Waals surface area contributed by atoms with Crippen LogP contribution in [0.2, 0.25) is 0 Å². The molecule has 23 heavy (non-hydrogen) atoms. The predicted molar refractivity (Wildman–Crippen MR) is 84.0 cm³/mol. The number of benzene rings is 1. The van der Waals surface area contributed by atoms with Crippen LogP contribution in [0.4, 0.5) is 0 Å². The van der Waals surface area contributed by atoms with E-state index in [0.717, 1.165) is 19.3 Å². The molecule has 1 aliphatic heterocycles. The SMILES string of the molecule is NC(=O)c1cccc(C(=O)N2CCOCC2C2CCCC2O)c1. The number of nitrogens with two attached hydrogens (primary N) is 1. The van der Waals surface area contributed by atoms with Crippen LogP contribution in [0.25, 0.3) is 0 Å². The van der Waals surface area contributed by atoms with Crippen molar-refractivity contribution in [3.05, 3.63) is 35.4 Å². The molecule has 2 aliphatic rings. The second kappa shape index (κ2) is 6.68. The van der Waals surface area contributed by atoms with Crippen LogP contribution in [0.3, 0.4) is 0 Å². The molecule has 1 aromatic carbocycles. The molecule has 1 saturated heterocycles. The Balaban J connectivity index is 1.84. The molecule has 1 heterocycles. The highest BCUT2D eigenvalue weighted by Gasteiger charge is 2.39. The van der Waals surface area contributed by atoms with Crippen molar-refractivity contribution in [1.82, 2.24) is 4.90 Å². The molecule has 0 aromatic heterocycles. The van der Waals surface area contributed by atoms with Crippen LogP contribution in [0, 0.1) is 5.92 Å². The first-order valence-corrected chi connectivity index (χ1v) is 8.04. The largest absolute Gasteiger partial charge is 0.393 e. The summed E-state index contributed by atoms with van der Waals surface area (Å²) in [5.41, 5.74) is 6.06. The quantitative estimate of drug-likeness (QED) is 0.861. The van der Waals surface area contributed by atoms with Crippen molar-refractivity contribution in [2.24, 2.45) is 11.7 Å². The molecule has 2 fully saturated rings. The number of hydrogen-bond donors (Lipinski definition) is 2. The summed E-state index contributed by atoms with van der Waals surface area (Å²) in [7, 11) is 0. The fourth-order valence-corrected chi connectivity index (χ4v) is 3.62. The minimum atomic E-state index is -0.551. The molecule has 3 unspecified atom stereocenters. The van der Waals surface area contributed by atoms with Gasteiger partial charge in [-0.05, 0) is 31.0 Å². The van der Waals surface area contributed by atoms with Crippen LogP contribution < -0.4 is 5.73 Å². The maximum Gasteiger partial charge on any atom is 0.254 e. The summed E-state index contributed by atoms with van der Waals surface area (Å²) >= 11 is 0. The number of amides is 2. The number of primary amides is 1. The monoisotopic (exact) mass is 318 g/mol. The number of carbonyl (C=O) groups excluding carboxylic acids is 2. The van der Waals surface area contributed by atoms with E-state index in [1.807, 2.05) is 0 Å². The number of hydrogen-bond acceptors (Lipinski definition) is 4. The van der Waals surface area contributed by atoms with Gasteiger partial charge in [0.25, 0.3) is 5.91 Å². The van der Waals surface area contributed by atoms with Gasteiger partial charge in [-0.15, -0.1) is 0 Å². The molecule has 6 heteroatoms. The van der Waals surface area contributed by atoms with Gasteiger partial charge in [0.05, 0.1) is 25.4 Å². The highest BCUT2D eigenvalue weighted by atomic mass is 16.5. The molecular weight excluding hydrogens is 296 g/mol. The first-order chi connectivity index (χ1) is 11.1. The number of rotatable bonds is 3. The van der Waals surface area contributed by atoms with Gasteiger partial charge in [-0.2, -0.15) is 0 Å². The molecule has 1 aliphatic carbocycles. The number of nitrogens with zero attached hydrogens (tertiary/aromatic N) is 1. The molecule has 6 nitrogen and oxygen atoms in total. The summed E-state index contributed by atoms with van der Waals surface area (Å²) in [5, 5.41) is 10.2. The second-order valence-electron chi connectivity index (χ2n) is 6.25. The van der Waals surface area contributed by atoms with Gasteiger partial charge in [0.1, 0.15) is 0 Å². The van der Waals surface area contributed by atoms with E-state index in [4.69, 9.17) is 10.5 Å². The Morgan fingerprint density at radius 3 is 2.74 bits per heavy atom. The zero-order chi connectivity index (χ0) is 16.4. The lowest BCUT2D eigenvalue weighted by Gasteiger charge is -2.40. The molecule has 1 aromatic rings. The average Bonchev–Trinajstić information content (AvgIpc) is 3.00. The van der Waals surface area contributed by atoms with Crippen LogP contribution in [-0.2, 0) is 4.74 Å². The number of morpholine rings is 1. The molecule has 3 N–H and O–H groups in total. The lowest BCUT2D eigenvalue weighted by atomic mass is 9.93. The van der Waals surface area contributed by atoms with Crippen LogP contribution in [-0.4, -0.2) is 53.7 Å². The molecule has 0 spiro atoms. The van der Waals surface area contributed by atoms with E-state index in [-0.39, 0.29) is 24.0 Å². The van der Waals surface area contributed by atoms with E-state index in [0.29, 0.717) is 30.9 Å². The summed E-state index contributed by atoms with van der Waals surface area (Å²) in [6, 6.07) is 6.35. The fraction of sp³-hybridized carbons (Fsp3) is 0.529. The molecule has 1 saturated carbocycles. The maximum absolute atomic E-state index is 12.9. The van der Waals surface area contributed by atoms with E-state index in [2.05, 4.69) is 0 Å². The van der Waals surface area contributed by atoms with Crippen LogP contribution in [0.5, 0.6) is 0 Å². The van der Waals surface area contributed by atoms with Crippen molar-refractivity contribution in [2.45, 2.75) is 31.4 Å². The van der Waals surface area contributed by atoms with E-state index in [1.165, 1.54) is 6.07 Å². The zero-order valence-corrected chi connectivity index (χ0v) is 13.0. The van der Waals surface area contributed by atoms with E-state index in [9.17, 15) is 14.7 Å². The third-order valence-electron chi connectivity index (χ3n) is 4.85. The normalized spacial score (nSPS) is 27.9. The van der Waals surface area contributed by atoms with E-state index in [1.54, 1.807) is 23.1 Å². The molecule has 0 bridgehead atoms. The molecular formula is C17H22N2O4. The summed E-state index contributed by atoms with van der Waals surface area (Å²) in [6.07, 6.45) is 2.27. The van der Waals surface area contributed by atoms with Crippen molar-refractivity contribution in [3.8, 4) is 0 Å². The second-order valence-corrected chi connectivity index (χ2v) is 6.25. The smallest absolute Gasteiger partial charge is 0.254 e. The zero-order valence-electron chi connectivity index (χ0n) is 13.0. The van der Waals surface area contributed by atoms with E-state index >= 15 is 0 Å². The van der Waals surface area contributed by atoms with Gasteiger partial charge in [0, 0.05) is 23.6 Å². The van der Waals surface area contributed by atoms with Crippen LogP contribution in [0.15, 0.2) is 24.3 Å². The molecule has 3 atom stereocenters. The third kappa shape index (κ3) is 3.23. The standard InChI is InChI=1S/C17H22N2O4/c18-16(21)11-3-1-4-12(9-11)17(22)19-7-8-23-10-14(19)13-5-2-6-15(13)20/h1,3-4,9,13-15,20H,2,5-8,10H2,(H2,18,21). The average molecular weight is 318 g/mol. The van der Waals surface area contributed by atoms with Gasteiger partial charge in [0.15, 0.2) is 0 Å². The first kappa shape index (κ1) is 16.0. The highest BCUT2D eigenvalue weighted by molar-refractivity contribution is 5.99. The molecule has 2 amide bonds. The summed E-state index contributed by atoms with van der Waals surface area (Å²) < 4.78 is 5.54. The van der Waals surface area contributed by atoms with Gasteiger partial charge in [-0.25, -0.2) is 0 Å². The first-order valence-electron chi connectivity index (χ1n) is 8.04.